The van der Waals surface area contributed by atoms with Gasteiger partial charge in [0.15, 0.2) is 5.96 Å². The molecule has 0 saturated carbocycles. The number of ether oxygens (including phenoxy) is 1. The number of nitrogens with zero attached hydrogens (tertiary/aromatic N) is 2. The first-order valence-electron chi connectivity index (χ1n) is 7.42. The van der Waals surface area contributed by atoms with Crippen molar-refractivity contribution in [3.63, 3.8) is 0 Å². The normalized spacial score (nSPS) is 13.2. The average Bonchev–Trinajstić information content (AvgIpc) is 3.01. The number of nitrogens with two attached hydrogens (primary N) is 1. The van der Waals surface area contributed by atoms with Crippen molar-refractivity contribution in [2.24, 2.45) is 10.7 Å². The first-order valence-corrected chi connectivity index (χ1v) is 7.42. The van der Waals surface area contributed by atoms with Crippen LogP contribution < -0.4 is 15.8 Å². The fraction of sp³-hybridized carbons (Fsp3) is 0.294. The van der Waals surface area contributed by atoms with Gasteiger partial charge in [0.25, 0.3) is 0 Å². The highest BCUT2D eigenvalue weighted by Gasteiger charge is 2.10. The molecule has 5 nitrogen and oxygen atoms in total. The van der Waals surface area contributed by atoms with Gasteiger partial charge in [-0.05, 0) is 54.7 Å². The number of halogens is 1. The number of benzene rings is 1. The largest absolute Gasteiger partial charge is 0.495 e. The second kappa shape index (κ2) is 8.14. The highest BCUT2D eigenvalue weighted by atomic mass is 127. The lowest BCUT2D eigenvalue weighted by molar-refractivity contribution is 0.412. The molecular weight excluding hydrogens is 403 g/mol. The molecule has 0 amide bonds. The molecule has 1 aromatic heterocycles. The van der Waals surface area contributed by atoms with Gasteiger partial charge in [-0.1, -0.05) is 6.07 Å². The molecule has 122 valence electrons. The predicted octanol–water partition coefficient (Wildman–Crippen LogP) is 3.12. The minimum absolute atomic E-state index is 0. The third-order valence-corrected chi connectivity index (χ3v) is 3.82. The number of nitrogens with one attached hydrogen (secondary N) is 1. The molecule has 1 aliphatic carbocycles. The number of aryl methyl sites for hydroxylation is 2. The Morgan fingerprint density at radius 2 is 2.09 bits per heavy atom. The van der Waals surface area contributed by atoms with Crippen LogP contribution in [0.15, 0.2) is 41.5 Å². The van der Waals surface area contributed by atoms with E-state index in [2.05, 4.69) is 33.5 Å². The maximum absolute atomic E-state index is 5.94. The van der Waals surface area contributed by atoms with E-state index in [-0.39, 0.29) is 24.0 Å². The molecule has 6 heteroatoms. The van der Waals surface area contributed by atoms with Gasteiger partial charge in [0.05, 0.1) is 25.5 Å². The van der Waals surface area contributed by atoms with Crippen molar-refractivity contribution in [1.29, 1.82) is 0 Å². The SMILES string of the molecule is COc1ccc(CN=C(N)Nc2ccc3c(c2)CCC3)nc1.I. The lowest BCUT2D eigenvalue weighted by Crippen LogP contribution is -2.22. The van der Waals surface area contributed by atoms with E-state index in [0.717, 1.165) is 23.6 Å². The fourth-order valence-electron chi connectivity index (χ4n) is 2.63. The molecule has 3 N–H and O–H groups in total. The van der Waals surface area contributed by atoms with Crippen LogP contribution in [-0.4, -0.2) is 18.1 Å². The fourth-order valence-corrected chi connectivity index (χ4v) is 2.63. The van der Waals surface area contributed by atoms with Crippen molar-refractivity contribution in [3.8, 4) is 5.75 Å². The Kier molecular flexibility index (Phi) is 6.20. The monoisotopic (exact) mass is 424 g/mol. The molecule has 0 saturated heterocycles. The minimum atomic E-state index is 0. The molecule has 3 rings (SSSR count). The molecule has 1 heterocycles. The third-order valence-electron chi connectivity index (χ3n) is 3.82. The Morgan fingerprint density at radius 1 is 1.26 bits per heavy atom. The van der Waals surface area contributed by atoms with Gasteiger partial charge in [-0.25, -0.2) is 4.99 Å². The lowest BCUT2D eigenvalue weighted by atomic mass is 10.1. The standard InChI is InChI=1S/C17H20N4O.HI/c1-22-16-8-7-15(19-11-16)10-20-17(18)21-14-6-5-12-3-2-4-13(12)9-14;/h5-9,11H,2-4,10H2,1H3,(H3,18,20,21);1H. The molecule has 0 aliphatic heterocycles. The summed E-state index contributed by atoms with van der Waals surface area (Å²) < 4.78 is 5.07. The molecule has 0 radical (unpaired) electrons. The van der Waals surface area contributed by atoms with Gasteiger partial charge in [0.1, 0.15) is 5.75 Å². The van der Waals surface area contributed by atoms with Crippen LogP contribution in [0.1, 0.15) is 23.2 Å². The molecule has 23 heavy (non-hydrogen) atoms. The van der Waals surface area contributed by atoms with Crippen LogP contribution in [0.3, 0.4) is 0 Å². The first-order chi connectivity index (χ1) is 10.7. The number of rotatable bonds is 4. The molecule has 1 aromatic carbocycles. The molecule has 0 unspecified atom stereocenters. The van der Waals surface area contributed by atoms with Crippen LogP contribution in [0, 0.1) is 0 Å². The smallest absolute Gasteiger partial charge is 0.193 e. The van der Waals surface area contributed by atoms with E-state index in [1.807, 2.05) is 12.1 Å². The minimum Gasteiger partial charge on any atom is -0.495 e. The number of aliphatic imine (C=N–C) groups is 1. The summed E-state index contributed by atoms with van der Waals surface area (Å²) in [5.74, 6) is 1.13. The van der Waals surface area contributed by atoms with Crippen LogP contribution in [0.2, 0.25) is 0 Å². The first kappa shape index (κ1) is 17.5. The Balaban J connectivity index is 0.00000192. The van der Waals surface area contributed by atoms with Gasteiger partial charge in [-0.15, -0.1) is 24.0 Å². The number of hydrogen-bond donors (Lipinski definition) is 2. The van der Waals surface area contributed by atoms with Crippen LogP contribution in [0.25, 0.3) is 0 Å². The van der Waals surface area contributed by atoms with Crippen LogP contribution in [0.5, 0.6) is 5.75 Å². The number of fused-ring (bicyclic) bond motifs is 1. The van der Waals surface area contributed by atoms with E-state index in [4.69, 9.17) is 10.5 Å². The van der Waals surface area contributed by atoms with Crippen molar-refractivity contribution >= 4 is 35.6 Å². The number of hydrogen-bond acceptors (Lipinski definition) is 3. The van der Waals surface area contributed by atoms with Gasteiger partial charge in [-0.2, -0.15) is 0 Å². The highest BCUT2D eigenvalue weighted by molar-refractivity contribution is 14.0. The van der Waals surface area contributed by atoms with Gasteiger partial charge >= 0.3 is 0 Å². The van der Waals surface area contributed by atoms with E-state index in [1.54, 1.807) is 13.3 Å². The van der Waals surface area contributed by atoms with E-state index >= 15 is 0 Å². The summed E-state index contributed by atoms with van der Waals surface area (Å²) in [7, 11) is 1.62. The third kappa shape index (κ3) is 4.57. The Labute approximate surface area is 153 Å². The van der Waals surface area contributed by atoms with E-state index in [0.29, 0.717) is 12.5 Å². The zero-order valence-electron chi connectivity index (χ0n) is 13.1. The van der Waals surface area contributed by atoms with Gasteiger partial charge in [0.2, 0.25) is 0 Å². The maximum atomic E-state index is 5.94. The van der Waals surface area contributed by atoms with Crippen molar-refractivity contribution in [1.82, 2.24) is 4.98 Å². The van der Waals surface area contributed by atoms with Gasteiger partial charge in [-0.3, -0.25) is 4.98 Å². The topological polar surface area (TPSA) is 72.5 Å². The van der Waals surface area contributed by atoms with Crippen molar-refractivity contribution in [2.45, 2.75) is 25.8 Å². The lowest BCUT2D eigenvalue weighted by Gasteiger charge is -2.08. The summed E-state index contributed by atoms with van der Waals surface area (Å²) in [4.78, 5) is 8.58. The molecule has 2 aromatic rings. The van der Waals surface area contributed by atoms with E-state index in [9.17, 15) is 0 Å². The van der Waals surface area contributed by atoms with Crippen LogP contribution >= 0.6 is 24.0 Å². The van der Waals surface area contributed by atoms with E-state index in [1.165, 1.54) is 24.0 Å². The molecule has 1 aliphatic rings. The second-order valence-electron chi connectivity index (χ2n) is 5.35. The maximum Gasteiger partial charge on any atom is 0.193 e. The molecular formula is C17H21IN4O. The summed E-state index contributed by atoms with van der Waals surface area (Å²) in [6.07, 6.45) is 5.25. The number of methoxy groups -OCH3 is 1. The molecule has 0 spiro atoms. The predicted molar refractivity (Wildman–Crippen MR) is 104 cm³/mol. The van der Waals surface area contributed by atoms with E-state index < -0.39 is 0 Å². The Hall–Kier alpha value is -1.83. The number of aromatic nitrogens is 1. The van der Waals surface area contributed by atoms with Crippen molar-refractivity contribution in [3.05, 3.63) is 53.3 Å². The van der Waals surface area contributed by atoms with Crippen LogP contribution in [0.4, 0.5) is 5.69 Å². The van der Waals surface area contributed by atoms with Crippen molar-refractivity contribution in [2.75, 3.05) is 12.4 Å². The number of guanidine groups is 1. The van der Waals surface area contributed by atoms with Crippen LogP contribution in [-0.2, 0) is 19.4 Å². The summed E-state index contributed by atoms with van der Waals surface area (Å²) in [6, 6.07) is 10.1. The molecule has 0 fully saturated rings. The zero-order chi connectivity index (χ0) is 15.4. The summed E-state index contributed by atoms with van der Waals surface area (Å²) in [6.45, 7) is 0.438. The number of anilines is 1. The molecule has 0 bridgehead atoms. The van der Waals surface area contributed by atoms with Crippen molar-refractivity contribution < 1.29 is 4.74 Å². The number of pyridine rings is 1. The molecule has 0 atom stereocenters. The zero-order valence-corrected chi connectivity index (χ0v) is 15.4. The summed E-state index contributed by atoms with van der Waals surface area (Å²) >= 11 is 0. The quantitative estimate of drug-likeness (QED) is 0.450. The second-order valence-corrected chi connectivity index (χ2v) is 5.35. The summed E-state index contributed by atoms with van der Waals surface area (Å²) in [5.41, 5.74) is 10.6. The summed E-state index contributed by atoms with van der Waals surface area (Å²) in [5, 5.41) is 3.14. The Bertz CT molecular complexity index is 685. The van der Waals surface area contributed by atoms with Gasteiger partial charge < -0.3 is 15.8 Å². The van der Waals surface area contributed by atoms with Gasteiger partial charge in [0, 0.05) is 5.69 Å². The average molecular weight is 424 g/mol. The highest BCUT2D eigenvalue weighted by Crippen LogP contribution is 2.24. The Morgan fingerprint density at radius 3 is 2.83 bits per heavy atom.